The molecule has 6 atom stereocenters. The summed E-state index contributed by atoms with van der Waals surface area (Å²) in [6, 6.07) is 7.65. The number of amides is 2. The van der Waals surface area contributed by atoms with Gasteiger partial charge in [-0.15, -0.1) is 23.5 Å². The summed E-state index contributed by atoms with van der Waals surface area (Å²) in [7, 11) is 1.63. The fourth-order valence-corrected chi connectivity index (χ4v) is 7.35. The van der Waals surface area contributed by atoms with Crippen LogP contribution < -0.4 is 5.32 Å². The standard InChI is InChI=1S/C24H31N3O5S2/c1-12-19-18(13(2)28)23(30)27(19)20(24(31)32)21(12)34-16-9-17(22(29)25-3)26(11-16)10-14-5-7-15(33-4)8-6-14/h5-8,12-13,16-19,28H,9-11H2,1-4H3,(H,25,29)(H,31,32). The van der Waals surface area contributed by atoms with Crippen molar-refractivity contribution in [3.8, 4) is 0 Å². The summed E-state index contributed by atoms with van der Waals surface area (Å²) in [4.78, 5) is 42.7. The second-order valence-electron chi connectivity index (χ2n) is 9.16. The van der Waals surface area contributed by atoms with E-state index < -0.39 is 18.0 Å². The lowest BCUT2D eigenvalue weighted by Gasteiger charge is -2.46. The first-order chi connectivity index (χ1) is 16.2. The van der Waals surface area contributed by atoms with Crippen molar-refractivity contribution in [2.24, 2.45) is 11.8 Å². The molecule has 2 saturated heterocycles. The molecule has 184 valence electrons. The molecule has 1 aromatic carbocycles. The van der Waals surface area contributed by atoms with Crippen LogP contribution in [0.5, 0.6) is 0 Å². The Labute approximate surface area is 208 Å². The van der Waals surface area contributed by atoms with Gasteiger partial charge in [0.05, 0.1) is 24.1 Å². The lowest BCUT2D eigenvalue weighted by Crippen LogP contribution is -2.63. The van der Waals surface area contributed by atoms with Crippen molar-refractivity contribution in [2.45, 2.75) is 55.1 Å². The van der Waals surface area contributed by atoms with Gasteiger partial charge in [-0.05, 0) is 37.3 Å². The average Bonchev–Trinajstić information content (AvgIpc) is 3.30. The number of hydrogen-bond acceptors (Lipinski definition) is 7. The average molecular weight is 506 g/mol. The second kappa shape index (κ2) is 9.93. The van der Waals surface area contributed by atoms with Gasteiger partial charge in [-0.25, -0.2) is 4.79 Å². The number of carbonyl (C=O) groups is 3. The molecule has 1 aromatic rings. The number of fused-ring (bicyclic) bond motifs is 1. The number of β-lactam (4-membered cyclic amide) rings is 1. The highest BCUT2D eigenvalue weighted by Gasteiger charge is 2.60. The van der Waals surface area contributed by atoms with E-state index in [0.717, 1.165) is 5.56 Å². The molecule has 34 heavy (non-hydrogen) atoms. The van der Waals surface area contributed by atoms with Crippen LogP contribution in [0.4, 0.5) is 0 Å². The molecule has 2 fully saturated rings. The highest BCUT2D eigenvalue weighted by molar-refractivity contribution is 8.03. The van der Waals surface area contributed by atoms with Gasteiger partial charge in [0.15, 0.2) is 0 Å². The van der Waals surface area contributed by atoms with Crippen molar-refractivity contribution in [2.75, 3.05) is 19.8 Å². The van der Waals surface area contributed by atoms with Crippen LogP contribution in [-0.2, 0) is 20.9 Å². The molecule has 3 heterocycles. The number of nitrogens with one attached hydrogen (secondary N) is 1. The summed E-state index contributed by atoms with van der Waals surface area (Å²) in [5.41, 5.74) is 1.15. The van der Waals surface area contributed by atoms with Gasteiger partial charge in [0, 0.05) is 41.1 Å². The van der Waals surface area contributed by atoms with E-state index in [2.05, 4.69) is 34.5 Å². The van der Waals surface area contributed by atoms with Crippen molar-refractivity contribution in [1.82, 2.24) is 15.1 Å². The van der Waals surface area contributed by atoms with E-state index in [1.807, 2.05) is 13.2 Å². The van der Waals surface area contributed by atoms with E-state index in [9.17, 15) is 24.6 Å². The van der Waals surface area contributed by atoms with Crippen LogP contribution in [-0.4, -0.2) is 81.1 Å². The van der Waals surface area contributed by atoms with E-state index in [0.29, 0.717) is 24.4 Å². The zero-order chi connectivity index (χ0) is 24.7. The molecule has 3 N–H and O–H groups in total. The smallest absolute Gasteiger partial charge is 0.353 e. The molecule has 2 amide bonds. The molecule has 0 aliphatic carbocycles. The maximum absolute atomic E-state index is 12.7. The predicted octanol–water partition coefficient (Wildman–Crippen LogP) is 1.98. The molecule has 0 bridgehead atoms. The van der Waals surface area contributed by atoms with Gasteiger partial charge >= 0.3 is 5.97 Å². The number of thioether (sulfide) groups is 2. The maximum atomic E-state index is 12.7. The van der Waals surface area contributed by atoms with Crippen molar-refractivity contribution >= 4 is 41.3 Å². The van der Waals surface area contributed by atoms with Gasteiger partial charge < -0.3 is 20.4 Å². The molecule has 6 unspecified atom stereocenters. The van der Waals surface area contributed by atoms with Crippen LogP contribution >= 0.6 is 23.5 Å². The Morgan fingerprint density at radius 3 is 2.50 bits per heavy atom. The number of carbonyl (C=O) groups excluding carboxylic acids is 2. The van der Waals surface area contributed by atoms with Crippen LogP contribution in [0.15, 0.2) is 39.8 Å². The van der Waals surface area contributed by atoms with Crippen LogP contribution in [0, 0.1) is 11.8 Å². The number of rotatable bonds is 8. The summed E-state index contributed by atoms with van der Waals surface area (Å²) in [6.07, 6.45) is 1.80. The number of likely N-dealkylation sites (N-methyl/N-ethyl adjacent to an activating group) is 1. The number of hydrogen-bond donors (Lipinski definition) is 3. The van der Waals surface area contributed by atoms with Gasteiger partial charge in [-0.2, -0.15) is 0 Å². The minimum absolute atomic E-state index is 0.0124. The molecule has 10 heteroatoms. The van der Waals surface area contributed by atoms with Crippen LogP contribution in [0.3, 0.4) is 0 Å². The number of benzene rings is 1. The molecule has 8 nitrogen and oxygen atoms in total. The first-order valence-electron chi connectivity index (χ1n) is 11.4. The van der Waals surface area contributed by atoms with Gasteiger partial charge in [0.1, 0.15) is 5.70 Å². The molecule has 3 aliphatic rings. The number of aliphatic carboxylic acids is 1. The van der Waals surface area contributed by atoms with E-state index in [1.54, 1.807) is 25.7 Å². The van der Waals surface area contributed by atoms with Crippen LogP contribution in [0.25, 0.3) is 0 Å². The van der Waals surface area contributed by atoms with Crippen molar-refractivity contribution in [3.05, 3.63) is 40.4 Å². The van der Waals surface area contributed by atoms with Gasteiger partial charge in [-0.3, -0.25) is 14.5 Å². The zero-order valence-corrected chi connectivity index (χ0v) is 21.4. The molecule has 3 aliphatic heterocycles. The molecule has 4 rings (SSSR count). The Bertz CT molecular complexity index is 1010. The fraction of sp³-hybridized carbons (Fsp3) is 0.542. The summed E-state index contributed by atoms with van der Waals surface area (Å²) < 4.78 is 0. The van der Waals surface area contributed by atoms with Gasteiger partial charge in [0.25, 0.3) is 0 Å². The highest BCUT2D eigenvalue weighted by atomic mass is 32.2. The summed E-state index contributed by atoms with van der Waals surface area (Å²) in [6.45, 7) is 4.76. The molecular weight excluding hydrogens is 474 g/mol. The number of nitrogens with zero attached hydrogens (tertiary/aromatic N) is 2. The maximum Gasteiger partial charge on any atom is 0.353 e. The monoisotopic (exact) mass is 505 g/mol. The largest absolute Gasteiger partial charge is 0.477 e. The number of aliphatic hydroxyl groups is 1. The predicted molar refractivity (Wildman–Crippen MR) is 132 cm³/mol. The summed E-state index contributed by atoms with van der Waals surface area (Å²) in [5, 5.41) is 22.7. The normalized spacial score (nSPS) is 29.7. The third-order valence-electron chi connectivity index (χ3n) is 7.06. The lowest BCUT2D eigenvalue weighted by atomic mass is 9.79. The Balaban J connectivity index is 1.54. The first kappa shape index (κ1) is 25.1. The molecule has 0 radical (unpaired) electrons. The molecule has 0 saturated carbocycles. The number of aliphatic hydroxyl groups excluding tert-OH is 1. The third kappa shape index (κ3) is 4.36. The van der Waals surface area contributed by atoms with Crippen molar-refractivity contribution in [1.29, 1.82) is 0 Å². The summed E-state index contributed by atoms with van der Waals surface area (Å²) >= 11 is 3.15. The quantitative estimate of drug-likeness (QED) is 0.364. The topological polar surface area (TPSA) is 110 Å². The zero-order valence-electron chi connectivity index (χ0n) is 19.7. The van der Waals surface area contributed by atoms with Gasteiger partial charge in [0.2, 0.25) is 11.8 Å². The SMILES string of the molecule is CNC(=O)C1CC(SC2=C(C(=O)O)N3C(=O)C(C(C)O)C3C2C)CN1Cc1ccc(SC)cc1. The van der Waals surface area contributed by atoms with Crippen LogP contribution in [0.1, 0.15) is 25.8 Å². The van der Waals surface area contributed by atoms with E-state index in [4.69, 9.17) is 0 Å². The Hall–Kier alpha value is -2.01. The molecular formula is C24H31N3O5S2. The number of carboxylic acids is 1. The van der Waals surface area contributed by atoms with E-state index in [-0.39, 0.29) is 40.8 Å². The summed E-state index contributed by atoms with van der Waals surface area (Å²) in [5.74, 6) is -2.26. The molecule has 0 aromatic heterocycles. The van der Waals surface area contributed by atoms with Gasteiger partial charge in [-0.1, -0.05) is 19.1 Å². The van der Waals surface area contributed by atoms with Crippen LogP contribution in [0.2, 0.25) is 0 Å². The van der Waals surface area contributed by atoms with E-state index >= 15 is 0 Å². The third-order valence-corrected chi connectivity index (χ3v) is 9.30. The minimum Gasteiger partial charge on any atom is -0.477 e. The van der Waals surface area contributed by atoms with Crippen molar-refractivity contribution in [3.63, 3.8) is 0 Å². The number of carboxylic acid groups (broad SMARTS) is 1. The van der Waals surface area contributed by atoms with Crippen molar-refractivity contribution < 1.29 is 24.6 Å². The Morgan fingerprint density at radius 1 is 1.26 bits per heavy atom. The lowest BCUT2D eigenvalue weighted by molar-refractivity contribution is -0.163. The Kier molecular flexibility index (Phi) is 7.33. The first-order valence-corrected chi connectivity index (χ1v) is 13.5. The second-order valence-corrected chi connectivity index (χ2v) is 11.4. The van der Waals surface area contributed by atoms with E-state index in [1.165, 1.54) is 21.6 Å². The highest BCUT2D eigenvalue weighted by Crippen LogP contribution is 2.52. The fourth-order valence-electron chi connectivity index (χ4n) is 5.38. The Morgan fingerprint density at radius 2 is 1.94 bits per heavy atom. The minimum atomic E-state index is -1.12. The number of likely N-dealkylation sites (tertiary alicyclic amines) is 1. The molecule has 0 spiro atoms.